The maximum Gasteiger partial charge on any atom is 0.0745 e. The lowest BCUT2D eigenvalue weighted by Gasteiger charge is -2.17. The first-order chi connectivity index (χ1) is 6.86. The van der Waals surface area contributed by atoms with E-state index in [1.807, 2.05) is 6.07 Å². The minimum Gasteiger partial charge on any atom is -0.398 e. The number of hydrogen-bond acceptors (Lipinski definition) is 4. The molecule has 1 aliphatic carbocycles. The van der Waals surface area contributed by atoms with Gasteiger partial charge in [0.2, 0.25) is 0 Å². The molecule has 0 atom stereocenters. The molecule has 0 amide bonds. The van der Waals surface area contributed by atoms with Gasteiger partial charge in [-0.05, 0) is 18.9 Å². The van der Waals surface area contributed by atoms with E-state index in [0.717, 1.165) is 30.8 Å². The molecule has 0 saturated carbocycles. The lowest BCUT2D eigenvalue weighted by Crippen LogP contribution is -2.23. The first kappa shape index (κ1) is 7.82. The Hall–Kier alpha value is -1.55. The van der Waals surface area contributed by atoms with Crippen molar-refractivity contribution in [2.45, 2.75) is 12.8 Å². The number of rotatable bonds is 0. The van der Waals surface area contributed by atoms with E-state index in [2.05, 4.69) is 15.8 Å². The Morgan fingerprint density at radius 3 is 3.21 bits per heavy atom. The second-order valence-electron chi connectivity index (χ2n) is 3.66. The van der Waals surface area contributed by atoms with Crippen LogP contribution in [0.15, 0.2) is 18.0 Å². The molecule has 0 saturated heterocycles. The van der Waals surface area contributed by atoms with Crippen LogP contribution in [0.1, 0.15) is 17.7 Å². The van der Waals surface area contributed by atoms with E-state index >= 15 is 0 Å². The first-order valence-electron chi connectivity index (χ1n) is 4.81. The van der Waals surface area contributed by atoms with Crippen molar-refractivity contribution in [3.8, 4) is 0 Å². The smallest absolute Gasteiger partial charge is 0.0745 e. The number of hydrazine groups is 1. The molecule has 2 heterocycles. The van der Waals surface area contributed by atoms with Crippen molar-refractivity contribution < 1.29 is 0 Å². The molecule has 1 aromatic heterocycles. The molecule has 0 spiro atoms. The number of hydrogen-bond donors (Lipinski definition) is 3. The molecule has 0 unspecified atom stereocenters. The van der Waals surface area contributed by atoms with Gasteiger partial charge >= 0.3 is 0 Å². The Morgan fingerprint density at radius 1 is 1.36 bits per heavy atom. The van der Waals surface area contributed by atoms with E-state index in [4.69, 9.17) is 5.73 Å². The topological polar surface area (TPSA) is 63.0 Å². The van der Waals surface area contributed by atoms with Crippen molar-refractivity contribution in [1.82, 2.24) is 15.8 Å². The second-order valence-corrected chi connectivity index (χ2v) is 3.66. The zero-order chi connectivity index (χ0) is 9.54. The highest BCUT2D eigenvalue weighted by molar-refractivity contribution is 5.75. The predicted molar refractivity (Wildman–Crippen MR) is 55.0 cm³/mol. The number of pyridine rings is 1. The summed E-state index contributed by atoms with van der Waals surface area (Å²) >= 11 is 0. The summed E-state index contributed by atoms with van der Waals surface area (Å²) < 4.78 is 0. The molecule has 0 aromatic carbocycles. The molecule has 4 heteroatoms. The summed E-state index contributed by atoms with van der Waals surface area (Å²) in [6, 6.07) is 1.88. The summed E-state index contributed by atoms with van der Waals surface area (Å²) in [6.07, 6.45) is 3.80. The van der Waals surface area contributed by atoms with E-state index < -0.39 is 0 Å². The second kappa shape index (κ2) is 2.72. The zero-order valence-corrected chi connectivity index (χ0v) is 7.80. The average Bonchev–Trinajstić information content (AvgIpc) is 2.66. The third kappa shape index (κ3) is 0.943. The summed E-state index contributed by atoms with van der Waals surface area (Å²) in [5.41, 5.74) is 17.9. The number of anilines is 1. The summed E-state index contributed by atoms with van der Waals surface area (Å²) in [6.45, 7) is 0.846. The van der Waals surface area contributed by atoms with Gasteiger partial charge in [0, 0.05) is 35.3 Å². The van der Waals surface area contributed by atoms with E-state index in [0.29, 0.717) is 0 Å². The Morgan fingerprint density at radius 2 is 2.29 bits per heavy atom. The third-order valence-electron chi connectivity index (χ3n) is 2.87. The van der Waals surface area contributed by atoms with Crippen LogP contribution in [0.4, 0.5) is 5.69 Å². The lowest BCUT2D eigenvalue weighted by atomic mass is 9.92. The molecule has 0 radical (unpaired) electrons. The summed E-state index contributed by atoms with van der Waals surface area (Å²) in [5.74, 6) is 0. The monoisotopic (exact) mass is 188 g/mol. The fraction of sp³-hybridized carbons (Fsp3) is 0.300. The van der Waals surface area contributed by atoms with Gasteiger partial charge < -0.3 is 11.2 Å². The van der Waals surface area contributed by atoms with Gasteiger partial charge in [-0.25, -0.2) is 5.43 Å². The largest absolute Gasteiger partial charge is 0.398 e. The van der Waals surface area contributed by atoms with Gasteiger partial charge in [0.1, 0.15) is 0 Å². The van der Waals surface area contributed by atoms with Crippen LogP contribution in [0.2, 0.25) is 0 Å². The maximum absolute atomic E-state index is 5.92. The number of aromatic nitrogens is 1. The number of nitrogen functional groups attached to an aromatic ring is 1. The molecule has 1 aliphatic heterocycles. The van der Waals surface area contributed by atoms with Crippen molar-refractivity contribution >= 4 is 11.3 Å². The van der Waals surface area contributed by atoms with Crippen molar-refractivity contribution in [3.05, 3.63) is 29.2 Å². The minimum absolute atomic E-state index is 0.846. The fourth-order valence-corrected chi connectivity index (χ4v) is 2.14. The van der Waals surface area contributed by atoms with Gasteiger partial charge in [0.15, 0.2) is 0 Å². The van der Waals surface area contributed by atoms with Gasteiger partial charge in [-0.2, -0.15) is 0 Å². The number of nitrogens with two attached hydrogens (primary N) is 1. The maximum atomic E-state index is 5.92. The fourth-order valence-electron chi connectivity index (χ4n) is 2.14. The number of nitrogens with one attached hydrogen (secondary N) is 2. The van der Waals surface area contributed by atoms with Gasteiger partial charge in [0.25, 0.3) is 0 Å². The van der Waals surface area contributed by atoms with Gasteiger partial charge in [-0.3, -0.25) is 4.98 Å². The van der Waals surface area contributed by atoms with Crippen LogP contribution in [0.3, 0.4) is 0 Å². The lowest BCUT2D eigenvalue weighted by molar-refractivity contribution is 0.674. The van der Waals surface area contributed by atoms with Crippen molar-refractivity contribution in [2.24, 2.45) is 0 Å². The Balaban J connectivity index is 2.21. The van der Waals surface area contributed by atoms with E-state index in [1.165, 1.54) is 16.8 Å². The van der Waals surface area contributed by atoms with Crippen LogP contribution in [-0.2, 0) is 6.42 Å². The quantitative estimate of drug-likeness (QED) is 0.552. The zero-order valence-electron chi connectivity index (χ0n) is 7.80. The third-order valence-corrected chi connectivity index (χ3v) is 2.87. The van der Waals surface area contributed by atoms with Crippen molar-refractivity contribution in [1.29, 1.82) is 0 Å². The van der Waals surface area contributed by atoms with Crippen LogP contribution >= 0.6 is 0 Å². The van der Waals surface area contributed by atoms with E-state index in [-0.39, 0.29) is 0 Å². The number of allylic oxidation sites excluding steroid dienone is 1. The van der Waals surface area contributed by atoms with Crippen molar-refractivity contribution in [2.75, 3.05) is 12.3 Å². The van der Waals surface area contributed by atoms with Crippen LogP contribution in [0, 0.1) is 0 Å². The van der Waals surface area contributed by atoms with E-state index in [9.17, 15) is 0 Å². The summed E-state index contributed by atoms with van der Waals surface area (Å²) in [7, 11) is 0. The normalized spacial score (nSPS) is 18.9. The standard InChI is InChI=1S/C10H12N4/c11-8-3-4-12-10-6(8)1-2-9-7(10)5-13-14-9/h3-4,13-14H,1-2,5H2,(H2,11,12). The van der Waals surface area contributed by atoms with Gasteiger partial charge in [0.05, 0.1) is 5.69 Å². The van der Waals surface area contributed by atoms with Gasteiger partial charge in [-0.15, -0.1) is 0 Å². The van der Waals surface area contributed by atoms with Crippen molar-refractivity contribution in [3.63, 3.8) is 0 Å². The first-order valence-corrected chi connectivity index (χ1v) is 4.81. The molecule has 3 rings (SSSR count). The molecule has 4 nitrogen and oxygen atoms in total. The predicted octanol–water partition coefficient (Wildman–Crippen LogP) is 0.429. The molecule has 1 aromatic rings. The molecule has 0 fully saturated rings. The SMILES string of the molecule is Nc1ccnc2c1CCC1=C2CNN1. The molecule has 14 heavy (non-hydrogen) atoms. The highest BCUT2D eigenvalue weighted by atomic mass is 15.4. The molecule has 4 N–H and O–H groups in total. The number of fused-ring (bicyclic) bond motifs is 2. The molecule has 72 valence electrons. The Labute approximate surface area is 82.2 Å². The molecular formula is C10H12N4. The molecule has 2 aliphatic rings. The Bertz CT molecular complexity index is 422. The molecular weight excluding hydrogens is 176 g/mol. The van der Waals surface area contributed by atoms with Crippen LogP contribution in [-0.4, -0.2) is 11.5 Å². The highest BCUT2D eigenvalue weighted by Gasteiger charge is 2.24. The number of nitrogens with zero attached hydrogens (tertiary/aromatic N) is 1. The molecule has 0 bridgehead atoms. The average molecular weight is 188 g/mol. The highest BCUT2D eigenvalue weighted by Crippen LogP contribution is 2.32. The minimum atomic E-state index is 0.846. The van der Waals surface area contributed by atoms with Crippen LogP contribution < -0.4 is 16.6 Å². The van der Waals surface area contributed by atoms with Crippen LogP contribution in [0.5, 0.6) is 0 Å². The van der Waals surface area contributed by atoms with Crippen LogP contribution in [0.25, 0.3) is 5.57 Å². The van der Waals surface area contributed by atoms with E-state index in [1.54, 1.807) is 6.20 Å². The summed E-state index contributed by atoms with van der Waals surface area (Å²) in [4.78, 5) is 4.40. The summed E-state index contributed by atoms with van der Waals surface area (Å²) in [5, 5.41) is 0. The van der Waals surface area contributed by atoms with Gasteiger partial charge in [-0.1, -0.05) is 0 Å². The Kier molecular flexibility index (Phi) is 1.52.